The Morgan fingerprint density at radius 2 is 1.25 bits per heavy atom. The Labute approximate surface area is 351 Å². The van der Waals surface area contributed by atoms with Crippen LogP contribution in [0.2, 0.25) is 0 Å². The number of rotatable bonds is 10. The number of carbonyl (C=O) groups is 3. The molecule has 0 aromatic heterocycles. The minimum absolute atomic E-state index is 0.0622. The van der Waals surface area contributed by atoms with Crippen LogP contribution < -0.4 is 28.4 Å². The summed E-state index contributed by atoms with van der Waals surface area (Å²) in [7, 11) is 8.65. The van der Waals surface area contributed by atoms with E-state index in [1.165, 1.54) is 14.0 Å². The number of ether oxygens (including phenoxy) is 6. The summed E-state index contributed by atoms with van der Waals surface area (Å²) >= 11 is 0. The summed E-state index contributed by atoms with van der Waals surface area (Å²) in [6.45, 7) is 6.18. The van der Waals surface area contributed by atoms with E-state index in [2.05, 4.69) is 0 Å². The fraction of sp³-hybridized carbons (Fsp3) is 0.426. The standard InChI is InChI=1S/C47H54N2O11/c1-9-34(46(51)52)48(4)19-17-30-24-39(56-7)41-26-33(30)36(48)21-28-11-14-32(15-12-28)59-40-23-29(13-16-38(40)55-6)22-37-43-31(18-20-49(37,5)35(10-2)47(53)54)25-42(57-8)44(45(43)60-41)58-27(3)50/h11-16,23-26,34-37H,9-10,17-22H2,1-8H3/p+2. The van der Waals surface area contributed by atoms with Crippen molar-refractivity contribution in [1.29, 1.82) is 0 Å². The molecule has 0 spiro atoms. The molecule has 60 heavy (non-hydrogen) atoms. The Morgan fingerprint density at radius 3 is 1.83 bits per heavy atom. The largest absolute Gasteiger partial charge is 0.493 e. The van der Waals surface area contributed by atoms with Gasteiger partial charge in [-0.05, 0) is 64.7 Å². The lowest BCUT2D eigenvalue weighted by atomic mass is 9.83. The number of carbonyl (C=O) groups excluding carboxylic acids is 1. The van der Waals surface area contributed by atoms with Gasteiger partial charge in [-0.2, -0.15) is 0 Å². The highest BCUT2D eigenvalue weighted by Gasteiger charge is 2.51. The number of hydrogen-bond donors (Lipinski definition) is 2. The molecule has 4 aromatic carbocycles. The normalized spacial score (nSPS) is 22.7. The first-order valence-electron chi connectivity index (χ1n) is 20.6. The fourth-order valence-electron chi connectivity index (χ4n) is 10.1. The van der Waals surface area contributed by atoms with Crippen molar-refractivity contribution >= 4 is 17.9 Å². The van der Waals surface area contributed by atoms with E-state index in [4.69, 9.17) is 28.4 Å². The predicted molar refractivity (Wildman–Crippen MR) is 223 cm³/mol. The van der Waals surface area contributed by atoms with Crippen LogP contribution in [-0.2, 0) is 40.1 Å². The average molecular weight is 825 g/mol. The highest BCUT2D eigenvalue weighted by molar-refractivity contribution is 5.75. The molecule has 6 bridgehead atoms. The van der Waals surface area contributed by atoms with Crippen molar-refractivity contribution in [3.8, 4) is 46.0 Å². The van der Waals surface area contributed by atoms with Crippen LogP contribution in [0.5, 0.6) is 46.0 Å². The molecule has 13 heteroatoms. The van der Waals surface area contributed by atoms with Gasteiger partial charge in [0.2, 0.25) is 5.75 Å². The van der Waals surface area contributed by atoms with E-state index in [9.17, 15) is 24.6 Å². The highest BCUT2D eigenvalue weighted by Crippen LogP contribution is 2.55. The second-order valence-electron chi connectivity index (χ2n) is 16.5. The van der Waals surface area contributed by atoms with Crippen LogP contribution in [0.1, 0.15) is 79.1 Å². The molecule has 0 fully saturated rings. The number of hydrogen-bond acceptors (Lipinski definition) is 9. The number of methoxy groups -OCH3 is 3. The molecule has 0 saturated carbocycles. The minimum Gasteiger partial charge on any atom is -0.493 e. The maximum absolute atomic E-state index is 13.2. The van der Waals surface area contributed by atoms with Crippen molar-refractivity contribution in [3.05, 3.63) is 94.0 Å². The number of carboxylic acids is 2. The summed E-state index contributed by atoms with van der Waals surface area (Å²) in [6, 6.07) is 17.0. The van der Waals surface area contributed by atoms with Crippen molar-refractivity contribution in [1.82, 2.24) is 0 Å². The van der Waals surface area contributed by atoms with Gasteiger partial charge in [-0.15, -0.1) is 0 Å². The summed E-state index contributed by atoms with van der Waals surface area (Å²) < 4.78 is 37.7. The van der Waals surface area contributed by atoms with E-state index in [-0.39, 0.29) is 32.3 Å². The topological polar surface area (TPSA) is 147 Å². The zero-order valence-corrected chi connectivity index (χ0v) is 35.7. The molecule has 4 aromatic rings. The van der Waals surface area contributed by atoms with Gasteiger partial charge in [-0.3, -0.25) is 4.79 Å². The monoisotopic (exact) mass is 824 g/mol. The van der Waals surface area contributed by atoms with E-state index in [0.717, 1.165) is 27.8 Å². The Hall–Kier alpha value is -5.79. The van der Waals surface area contributed by atoms with Crippen LogP contribution in [0.25, 0.3) is 0 Å². The average Bonchev–Trinajstić information content (AvgIpc) is 3.21. The summed E-state index contributed by atoms with van der Waals surface area (Å²) in [4.78, 5) is 39.1. The Bertz CT molecular complexity index is 2310. The first-order chi connectivity index (χ1) is 28.7. The first-order valence-corrected chi connectivity index (χ1v) is 20.6. The molecule has 0 saturated heterocycles. The van der Waals surface area contributed by atoms with Gasteiger partial charge in [-0.1, -0.05) is 32.0 Å². The van der Waals surface area contributed by atoms with E-state index in [0.29, 0.717) is 85.9 Å². The van der Waals surface area contributed by atoms with Crippen molar-refractivity contribution in [2.24, 2.45) is 0 Å². The SMILES string of the molecule is CCC(C(=O)O)[N+]1(C)CCc2cc(OC)c3cc2C1Cc1ccc(cc1)Oc1cc(ccc1OC)CC1c2c(cc(OC)c(OC(C)=O)c2O3)CC[N+]1(C)C(CC)C(=O)O. The zero-order valence-electron chi connectivity index (χ0n) is 35.7. The lowest BCUT2D eigenvalue weighted by molar-refractivity contribution is -0.956. The maximum atomic E-state index is 13.2. The summed E-state index contributed by atoms with van der Waals surface area (Å²) in [6.07, 6.45) is 2.74. The van der Waals surface area contributed by atoms with E-state index in [1.54, 1.807) is 14.2 Å². The third kappa shape index (κ3) is 7.49. The van der Waals surface area contributed by atoms with E-state index in [1.807, 2.05) is 88.6 Å². The van der Waals surface area contributed by atoms with Gasteiger partial charge in [0.25, 0.3) is 0 Å². The molecule has 8 rings (SSSR count). The molecule has 318 valence electrons. The zero-order chi connectivity index (χ0) is 43.1. The quantitative estimate of drug-likeness (QED) is 0.0917. The van der Waals surface area contributed by atoms with Crippen LogP contribution in [0, 0.1) is 0 Å². The molecule has 0 amide bonds. The minimum atomic E-state index is -0.920. The lowest BCUT2D eigenvalue weighted by Gasteiger charge is -2.49. The van der Waals surface area contributed by atoms with Crippen LogP contribution in [-0.4, -0.2) is 97.7 Å². The van der Waals surface area contributed by atoms with Gasteiger partial charge in [0, 0.05) is 51.0 Å². The molecule has 4 aliphatic rings. The van der Waals surface area contributed by atoms with Crippen LogP contribution >= 0.6 is 0 Å². The summed E-state index contributed by atoms with van der Waals surface area (Å²) in [5.41, 5.74) is 5.33. The second-order valence-corrected chi connectivity index (χ2v) is 16.5. The third-order valence-electron chi connectivity index (χ3n) is 13.3. The number of nitrogens with zero attached hydrogens (tertiary/aromatic N) is 2. The number of aliphatic carboxylic acids is 2. The van der Waals surface area contributed by atoms with Gasteiger partial charge >= 0.3 is 17.9 Å². The van der Waals surface area contributed by atoms with Crippen molar-refractivity contribution in [2.75, 3.05) is 48.5 Å². The molecular formula is C47H56N2O11+2. The molecule has 4 aliphatic heterocycles. The molecule has 0 radical (unpaired) electrons. The summed E-state index contributed by atoms with van der Waals surface area (Å²) in [5.74, 6) is 0.568. The lowest BCUT2D eigenvalue weighted by Crippen LogP contribution is -2.60. The number of benzene rings is 4. The smallest absolute Gasteiger partial charge is 0.362 e. The molecule has 4 heterocycles. The van der Waals surface area contributed by atoms with Crippen molar-refractivity contribution in [3.63, 3.8) is 0 Å². The van der Waals surface area contributed by atoms with Crippen molar-refractivity contribution in [2.45, 2.75) is 83.5 Å². The van der Waals surface area contributed by atoms with Crippen LogP contribution in [0.15, 0.2) is 60.7 Å². The molecule has 0 aliphatic carbocycles. The van der Waals surface area contributed by atoms with Crippen LogP contribution in [0.3, 0.4) is 0 Å². The van der Waals surface area contributed by atoms with Crippen molar-refractivity contribution < 1.29 is 62.0 Å². The molecule has 6 atom stereocenters. The Kier molecular flexibility index (Phi) is 11.8. The van der Waals surface area contributed by atoms with Gasteiger partial charge in [0.05, 0.1) is 54.1 Å². The van der Waals surface area contributed by atoms with Gasteiger partial charge in [0.1, 0.15) is 17.8 Å². The highest BCUT2D eigenvalue weighted by atomic mass is 16.6. The molecule has 2 N–H and O–H groups in total. The van der Waals surface area contributed by atoms with E-state index >= 15 is 0 Å². The maximum Gasteiger partial charge on any atom is 0.362 e. The number of esters is 1. The predicted octanol–water partition coefficient (Wildman–Crippen LogP) is 7.84. The third-order valence-corrected chi connectivity index (χ3v) is 13.3. The molecule has 13 nitrogen and oxygen atoms in total. The van der Waals surface area contributed by atoms with Gasteiger partial charge < -0.3 is 47.6 Å². The number of likely N-dealkylation sites (N-methyl/N-ethyl adjacent to an activating group) is 2. The van der Waals surface area contributed by atoms with Crippen LogP contribution in [0.4, 0.5) is 0 Å². The summed E-state index contributed by atoms with van der Waals surface area (Å²) in [5, 5.41) is 21.4. The fourth-order valence-corrected chi connectivity index (χ4v) is 10.1. The number of fused-ring (bicyclic) bond motifs is 2. The molecular weight excluding hydrogens is 769 g/mol. The number of quaternary nitrogens is 2. The Balaban J connectivity index is 1.57. The first kappa shape index (κ1) is 42.3. The molecule has 6 unspecified atom stereocenters. The van der Waals surface area contributed by atoms with Gasteiger partial charge in [-0.25, -0.2) is 9.59 Å². The Morgan fingerprint density at radius 1 is 0.700 bits per heavy atom. The van der Waals surface area contributed by atoms with E-state index < -0.39 is 36.0 Å². The number of carboxylic acid groups (broad SMARTS) is 2. The second kappa shape index (κ2) is 16.7. The van der Waals surface area contributed by atoms with Gasteiger partial charge in [0.15, 0.2) is 46.6 Å².